The predicted octanol–water partition coefficient (Wildman–Crippen LogP) is 2.31. The van der Waals surface area contributed by atoms with E-state index in [2.05, 4.69) is 11.8 Å². The van der Waals surface area contributed by atoms with Gasteiger partial charge in [-0.1, -0.05) is 11.8 Å². The van der Waals surface area contributed by atoms with Gasteiger partial charge in [-0.25, -0.2) is 4.39 Å². The van der Waals surface area contributed by atoms with Crippen molar-refractivity contribution in [3.05, 3.63) is 29.1 Å². The van der Waals surface area contributed by atoms with E-state index in [0.29, 0.717) is 5.56 Å². The highest BCUT2D eigenvalue weighted by molar-refractivity contribution is 6.19. The second kappa shape index (κ2) is 4.15. The molecule has 1 rings (SSSR count). The molecular weight excluding hydrogens is 189 g/mol. The van der Waals surface area contributed by atoms with Crippen molar-refractivity contribution >= 4 is 17.3 Å². The summed E-state index contributed by atoms with van der Waals surface area (Å²) in [5.74, 6) is 5.21. The smallest absolute Gasteiger partial charge is 0.147 e. The van der Waals surface area contributed by atoms with E-state index < -0.39 is 5.82 Å². The molecule has 1 aromatic carbocycles. The van der Waals surface area contributed by atoms with Crippen molar-refractivity contribution in [1.29, 1.82) is 0 Å². The lowest BCUT2D eigenvalue weighted by molar-refractivity contribution is 0.631. The van der Waals surface area contributed by atoms with Crippen LogP contribution in [0.2, 0.25) is 0 Å². The van der Waals surface area contributed by atoms with E-state index in [9.17, 15) is 4.39 Å². The van der Waals surface area contributed by atoms with Crippen LogP contribution < -0.4 is 5.73 Å². The Hall–Kier alpha value is -1.20. The van der Waals surface area contributed by atoms with Gasteiger partial charge in [0.25, 0.3) is 0 Å². The van der Waals surface area contributed by atoms with Gasteiger partial charge in [-0.15, -0.1) is 11.6 Å². The van der Waals surface area contributed by atoms with Crippen LogP contribution in [0.1, 0.15) is 11.1 Å². The first-order valence-electron chi connectivity index (χ1n) is 3.75. The molecule has 0 spiro atoms. The summed E-state index contributed by atoms with van der Waals surface area (Å²) in [4.78, 5) is 0. The van der Waals surface area contributed by atoms with E-state index in [1.54, 1.807) is 6.07 Å². The molecule has 0 bridgehead atoms. The molecule has 13 heavy (non-hydrogen) atoms. The predicted molar refractivity (Wildman–Crippen MR) is 53.1 cm³/mol. The van der Waals surface area contributed by atoms with Crippen LogP contribution in [0, 0.1) is 24.6 Å². The van der Waals surface area contributed by atoms with Crippen molar-refractivity contribution in [1.82, 2.24) is 0 Å². The fourth-order valence-electron chi connectivity index (χ4n) is 0.967. The second-order valence-corrected chi connectivity index (χ2v) is 2.89. The summed E-state index contributed by atoms with van der Waals surface area (Å²) in [6, 6.07) is 2.89. The zero-order valence-electron chi connectivity index (χ0n) is 7.20. The van der Waals surface area contributed by atoms with Crippen LogP contribution in [0.25, 0.3) is 0 Å². The molecule has 1 nitrogen and oxygen atoms in total. The first-order chi connectivity index (χ1) is 6.15. The number of halogens is 2. The zero-order valence-corrected chi connectivity index (χ0v) is 7.95. The molecule has 68 valence electrons. The fourth-order valence-corrected chi connectivity index (χ4v) is 1.03. The Balaban J connectivity index is 3.16. The first-order valence-corrected chi connectivity index (χ1v) is 4.29. The van der Waals surface area contributed by atoms with E-state index in [4.69, 9.17) is 17.3 Å². The number of anilines is 1. The van der Waals surface area contributed by atoms with Crippen molar-refractivity contribution in [2.45, 2.75) is 6.92 Å². The minimum atomic E-state index is -0.440. The Kier molecular flexibility index (Phi) is 3.16. The molecule has 0 heterocycles. The van der Waals surface area contributed by atoms with Crippen molar-refractivity contribution in [3.63, 3.8) is 0 Å². The van der Waals surface area contributed by atoms with Gasteiger partial charge < -0.3 is 5.73 Å². The van der Waals surface area contributed by atoms with Gasteiger partial charge in [-0.3, -0.25) is 0 Å². The standard InChI is InChI=1S/C10H9ClFN/c1-7-5-10(13)9(12)6-8(7)3-2-4-11/h5-6H,4,13H2,1H3. The Labute approximate surface area is 81.7 Å². The summed E-state index contributed by atoms with van der Waals surface area (Å²) < 4.78 is 13.0. The van der Waals surface area contributed by atoms with E-state index in [0.717, 1.165) is 5.56 Å². The maximum absolute atomic E-state index is 13.0. The molecule has 1 aromatic rings. The monoisotopic (exact) mass is 197 g/mol. The third kappa shape index (κ3) is 2.37. The lowest BCUT2D eigenvalue weighted by Crippen LogP contribution is -1.93. The minimum absolute atomic E-state index is 0.147. The van der Waals surface area contributed by atoms with Crippen molar-refractivity contribution < 1.29 is 4.39 Å². The van der Waals surface area contributed by atoms with Crippen LogP contribution in [0.5, 0.6) is 0 Å². The van der Waals surface area contributed by atoms with E-state index in [1.165, 1.54) is 6.07 Å². The van der Waals surface area contributed by atoms with Crippen LogP contribution in [0.3, 0.4) is 0 Å². The van der Waals surface area contributed by atoms with E-state index >= 15 is 0 Å². The van der Waals surface area contributed by atoms with Gasteiger partial charge in [0.1, 0.15) is 5.82 Å². The maximum Gasteiger partial charge on any atom is 0.147 e. The first kappa shape index (κ1) is 9.88. The van der Waals surface area contributed by atoms with Crippen LogP contribution >= 0.6 is 11.6 Å². The molecule has 0 aromatic heterocycles. The van der Waals surface area contributed by atoms with Crippen LogP contribution in [-0.2, 0) is 0 Å². The Morgan fingerprint density at radius 3 is 2.85 bits per heavy atom. The van der Waals surface area contributed by atoms with E-state index in [-0.39, 0.29) is 11.6 Å². The summed E-state index contributed by atoms with van der Waals surface area (Å²) in [5, 5.41) is 0. The molecule has 0 atom stereocenters. The van der Waals surface area contributed by atoms with Gasteiger partial charge in [0.2, 0.25) is 0 Å². The summed E-state index contributed by atoms with van der Waals surface area (Å²) in [6.07, 6.45) is 0. The van der Waals surface area contributed by atoms with Crippen molar-refractivity contribution in [3.8, 4) is 11.8 Å². The number of hydrogen-bond acceptors (Lipinski definition) is 1. The third-order valence-electron chi connectivity index (χ3n) is 1.63. The number of benzene rings is 1. The number of aryl methyl sites for hydroxylation is 1. The van der Waals surface area contributed by atoms with Gasteiger partial charge >= 0.3 is 0 Å². The quantitative estimate of drug-likeness (QED) is 0.386. The molecule has 0 saturated carbocycles. The van der Waals surface area contributed by atoms with E-state index in [1.807, 2.05) is 6.92 Å². The maximum atomic E-state index is 13.0. The number of alkyl halides is 1. The zero-order chi connectivity index (χ0) is 9.84. The number of hydrogen-bond donors (Lipinski definition) is 1. The summed E-state index contributed by atoms with van der Waals surface area (Å²) in [7, 11) is 0. The highest BCUT2D eigenvalue weighted by Gasteiger charge is 2.01. The fraction of sp³-hybridized carbons (Fsp3) is 0.200. The molecule has 3 heteroatoms. The average Bonchev–Trinajstić information content (AvgIpc) is 2.09. The van der Waals surface area contributed by atoms with Gasteiger partial charge in [0.05, 0.1) is 11.6 Å². The van der Waals surface area contributed by atoms with Gasteiger partial charge in [-0.05, 0) is 24.6 Å². The van der Waals surface area contributed by atoms with Crippen LogP contribution in [-0.4, -0.2) is 5.88 Å². The van der Waals surface area contributed by atoms with Gasteiger partial charge in [0, 0.05) is 5.56 Å². The largest absolute Gasteiger partial charge is 0.396 e. The highest BCUT2D eigenvalue weighted by Crippen LogP contribution is 2.15. The average molecular weight is 198 g/mol. The molecular formula is C10H9ClFN. The summed E-state index contributed by atoms with van der Waals surface area (Å²) in [6.45, 7) is 1.83. The molecule has 0 radical (unpaired) electrons. The Morgan fingerprint density at radius 1 is 1.54 bits per heavy atom. The Morgan fingerprint density at radius 2 is 2.23 bits per heavy atom. The molecule has 0 saturated heterocycles. The topological polar surface area (TPSA) is 26.0 Å². The second-order valence-electron chi connectivity index (χ2n) is 2.62. The summed E-state index contributed by atoms with van der Waals surface area (Å²) in [5.41, 5.74) is 7.01. The third-order valence-corrected chi connectivity index (χ3v) is 1.77. The van der Waals surface area contributed by atoms with Gasteiger partial charge in [-0.2, -0.15) is 0 Å². The molecule has 0 unspecified atom stereocenters. The Bertz CT molecular complexity index is 376. The van der Waals surface area contributed by atoms with Crippen molar-refractivity contribution in [2.24, 2.45) is 0 Å². The number of rotatable bonds is 0. The highest BCUT2D eigenvalue weighted by atomic mass is 35.5. The molecule has 0 aliphatic carbocycles. The molecule has 2 N–H and O–H groups in total. The molecule has 0 fully saturated rings. The molecule has 0 amide bonds. The lowest BCUT2D eigenvalue weighted by atomic mass is 10.1. The van der Waals surface area contributed by atoms with Crippen molar-refractivity contribution in [2.75, 3.05) is 11.6 Å². The minimum Gasteiger partial charge on any atom is -0.396 e. The normalized spacial score (nSPS) is 9.15. The van der Waals surface area contributed by atoms with Crippen LogP contribution in [0.4, 0.5) is 10.1 Å². The number of nitrogen functional groups attached to an aromatic ring is 1. The SMILES string of the molecule is Cc1cc(N)c(F)cc1C#CCCl. The van der Waals surface area contributed by atoms with Gasteiger partial charge in [0.15, 0.2) is 0 Å². The molecule has 0 aliphatic rings. The van der Waals surface area contributed by atoms with Crippen LogP contribution in [0.15, 0.2) is 12.1 Å². The molecule has 0 aliphatic heterocycles. The summed E-state index contributed by atoms with van der Waals surface area (Å²) >= 11 is 5.38. The lowest BCUT2D eigenvalue weighted by Gasteiger charge is -2.01. The number of nitrogens with two attached hydrogens (primary N) is 1.